The van der Waals surface area contributed by atoms with Crippen molar-refractivity contribution in [3.8, 4) is 0 Å². The molecule has 3 heterocycles. The highest BCUT2D eigenvalue weighted by Gasteiger charge is 2.31. The minimum absolute atomic E-state index is 0.0572. The summed E-state index contributed by atoms with van der Waals surface area (Å²) < 4.78 is 2.42. The lowest BCUT2D eigenvalue weighted by Crippen LogP contribution is -2.47. The van der Waals surface area contributed by atoms with Gasteiger partial charge in [-0.15, -0.1) is 0 Å². The number of amides is 1. The molecule has 2 aliphatic heterocycles. The maximum absolute atomic E-state index is 12.6. The summed E-state index contributed by atoms with van der Waals surface area (Å²) in [5, 5.41) is 3.33. The summed E-state index contributed by atoms with van der Waals surface area (Å²) >= 11 is 0. The predicted molar refractivity (Wildman–Crippen MR) is 95.0 cm³/mol. The van der Waals surface area contributed by atoms with E-state index in [1.165, 1.54) is 11.3 Å². The molecule has 4 rings (SSSR count). The first kappa shape index (κ1) is 15.6. The van der Waals surface area contributed by atoms with E-state index in [1.54, 1.807) is 0 Å². The van der Waals surface area contributed by atoms with E-state index in [0.29, 0.717) is 11.9 Å². The Hall–Kier alpha value is -1.88. The first-order valence-corrected chi connectivity index (χ1v) is 9.26. The van der Waals surface area contributed by atoms with E-state index < -0.39 is 0 Å². The maximum Gasteiger partial charge on any atom is 0.239 e. The highest BCUT2D eigenvalue weighted by molar-refractivity contribution is 5.82. The number of nitrogens with one attached hydrogen (secondary N) is 1. The molecule has 128 valence electrons. The lowest BCUT2D eigenvalue weighted by Gasteiger charge is -2.35. The Balaban J connectivity index is 1.51. The summed E-state index contributed by atoms with van der Waals surface area (Å²) in [6.07, 6.45) is 5.09. The number of aromatic nitrogens is 2. The molecule has 1 atom stereocenters. The number of likely N-dealkylation sites (tertiary alicyclic amines) is 1. The van der Waals surface area contributed by atoms with E-state index in [2.05, 4.69) is 46.0 Å². The average molecular weight is 326 g/mol. The molecule has 0 saturated carbocycles. The Bertz CT molecular complexity index is 724. The number of rotatable bonds is 3. The third-order valence-corrected chi connectivity index (χ3v) is 5.48. The van der Waals surface area contributed by atoms with E-state index >= 15 is 0 Å². The normalized spacial score (nSPS) is 22.4. The number of piperidine rings is 1. The monoisotopic (exact) mass is 326 g/mol. The minimum atomic E-state index is 0.0572. The van der Waals surface area contributed by atoms with Crippen LogP contribution in [0.25, 0.3) is 11.0 Å². The van der Waals surface area contributed by atoms with Gasteiger partial charge in [0.15, 0.2) is 0 Å². The fraction of sp³-hybridized carbons (Fsp3) is 0.579. The highest BCUT2D eigenvalue weighted by Crippen LogP contribution is 2.29. The molecule has 5 heteroatoms. The molecule has 1 aromatic heterocycles. The van der Waals surface area contributed by atoms with Gasteiger partial charge in [-0.25, -0.2) is 4.98 Å². The number of hydrogen-bond acceptors (Lipinski definition) is 3. The summed E-state index contributed by atoms with van der Waals surface area (Å²) in [5.41, 5.74) is 2.32. The third kappa shape index (κ3) is 2.71. The van der Waals surface area contributed by atoms with Gasteiger partial charge in [0.2, 0.25) is 5.91 Å². The van der Waals surface area contributed by atoms with Crippen molar-refractivity contribution in [1.82, 2.24) is 19.8 Å². The van der Waals surface area contributed by atoms with E-state index in [9.17, 15) is 4.79 Å². The molecule has 2 aliphatic rings. The molecule has 2 fully saturated rings. The maximum atomic E-state index is 12.6. The molecule has 0 unspecified atom stereocenters. The third-order valence-electron chi connectivity index (χ3n) is 5.48. The number of para-hydroxylation sites is 2. The number of nitrogens with zero attached hydrogens (tertiary/aromatic N) is 3. The van der Waals surface area contributed by atoms with Gasteiger partial charge in [-0.05, 0) is 44.4 Å². The molecule has 0 aliphatic carbocycles. The zero-order valence-corrected chi connectivity index (χ0v) is 14.4. The minimum Gasteiger partial charge on any atom is -0.341 e. The summed E-state index contributed by atoms with van der Waals surface area (Å²) in [7, 11) is 0. The lowest BCUT2D eigenvalue weighted by atomic mass is 10.0. The quantitative estimate of drug-likeness (QED) is 0.943. The molecule has 5 nitrogen and oxygen atoms in total. The van der Waals surface area contributed by atoms with Crippen LogP contribution in [-0.2, 0) is 11.2 Å². The molecule has 0 radical (unpaired) electrons. The van der Waals surface area contributed by atoms with Crippen molar-refractivity contribution in [2.45, 2.75) is 51.1 Å². The first-order valence-electron chi connectivity index (χ1n) is 9.26. The first-order chi connectivity index (χ1) is 11.8. The smallest absolute Gasteiger partial charge is 0.239 e. The predicted octanol–water partition coefficient (Wildman–Crippen LogP) is 2.51. The second-order valence-electron chi connectivity index (χ2n) is 6.95. The average Bonchev–Trinajstić information content (AvgIpc) is 3.28. The molecular formula is C19H26N4O. The summed E-state index contributed by atoms with van der Waals surface area (Å²) in [4.78, 5) is 19.4. The summed E-state index contributed by atoms with van der Waals surface area (Å²) in [6, 6.07) is 8.91. The van der Waals surface area contributed by atoms with Crippen LogP contribution >= 0.6 is 0 Å². The fourth-order valence-corrected chi connectivity index (χ4v) is 4.21. The van der Waals surface area contributed by atoms with E-state index in [4.69, 9.17) is 4.98 Å². The number of imidazole rings is 1. The Morgan fingerprint density at radius 2 is 2.04 bits per heavy atom. The largest absolute Gasteiger partial charge is 0.341 e. The number of hydrogen-bond donors (Lipinski definition) is 1. The van der Waals surface area contributed by atoms with Crippen molar-refractivity contribution in [2.24, 2.45) is 0 Å². The van der Waals surface area contributed by atoms with Gasteiger partial charge in [0, 0.05) is 25.6 Å². The summed E-state index contributed by atoms with van der Waals surface area (Å²) in [6.45, 7) is 4.87. The molecule has 1 aromatic carbocycles. The Labute approximate surface area is 143 Å². The van der Waals surface area contributed by atoms with E-state index in [-0.39, 0.29) is 6.04 Å². The van der Waals surface area contributed by atoms with Crippen LogP contribution in [-0.4, -0.2) is 46.0 Å². The molecule has 2 aromatic rings. The topological polar surface area (TPSA) is 50.2 Å². The van der Waals surface area contributed by atoms with Crippen LogP contribution in [0.3, 0.4) is 0 Å². The fourth-order valence-electron chi connectivity index (χ4n) is 4.21. The Kier molecular flexibility index (Phi) is 4.27. The second kappa shape index (κ2) is 6.55. The summed E-state index contributed by atoms with van der Waals surface area (Å²) in [5.74, 6) is 1.47. The number of benzene rings is 1. The SMILES string of the molecule is CCc1nc2ccccc2n1C1CCN(C(=O)[C@@H]2CCCN2)CC1. The zero-order valence-electron chi connectivity index (χ0n) is 14.4. The van der Waals surface area contributed by atoms with Crippen molar-refractivity contribution in [1.29, 1.82) is 0 Å². The van der Waals surface area contributed by atoms with Crippen molar-refractivity contribution in [3.05, 3.63) is 30.1 Å². The van der Waals surface area contributed by atoms with Crippen LogP contribution in [0.1, 0.15) is 44.5 Å². The van der Waals surface area contributed by atoms with Crippen molar-refractivity contribution in [3.63, 3.8) is 0 Å². The van der Waals surface area contributed by atoms with Crippen LogP contribution < -0.4 is 5.32 Å². The van der Waals surface area contributed by atoms with E-state index in [1.807, 2.05) is 0 Å². The van der Waals surface area contributed by atoms with Gasteiger partial charge in [-0.3, -0.25) is 4.79 Å². The van der Waals surface area contributed by atoms with E-state index in [0.717, 1.165) is 57.3 Å². The van der Waals surface area contributed by atoms with Crippen LogP contribution in [0.15, 0.2) is 24.3 Å². The van der Waals surface area contributed by atoms with Crippen molar-refractivity contribution < 1.29 is 4.79 Å². The molecule has 1 N–H and O–H groups in total. The molecule has 0 bridgehead atoms. The van der Waals surface area contributed by atoms with Crippen LogP contribution in [0.4, 0.5) is 0 Å². The molecule has 24 heavy (non-hydrogen) atoms. The van der Waals surface area contributed by atoms with Gasteiger partial charge in [-0.1, -0.05) is 19.1 Å². The number of carbonyl (C=O) groups is 1. The number of aryl methyl sites for hydroxylation is 1. The Morgan fingerprint density at radius 1 is 1.25 bits per heavy atom. The number of fused-ring (bicyclic) bond motifs is 1. The van der Waals surface area contributed by atoms with Gasteiger partial charge in [0.05, 0.1) is 17.1 Å². The van der Waals surface area contributed by atoms with Gasteiger partial charge in [0.1, 0.15) is 5.82 Å². The van der Waals surface area contributed by atoms with Gasteiger partial charge < -0.3 is 14.8 Å². The second-order valence-corrected chi connectivity index (χ2v) is 6.95. The zero-order chi connectivity index (χ0) is 16.5. The highest BCUT2D eigenvalue weighted by atomic mass is 16.2. The standard InChI is InChI=1S/C19H26N4O/c1-2-18-21-15-6-3-4-8-17(15)23(18)14-9-12-22(13-10-14)19(24)16-7-5-11-20-16/h3-4,6,8,14,16,20H,2,5,7,9-13H2,1H3/t16-/m0/s1. The molecular weight excluding hydrogens is 300 g/mol. The molecule has 0 spiro atoms. The molecule has 1 amide bonds. The Morgan fingerprint density at radius 3 is 2.75 bits per heavy atom. The number of carbonyl (C=O) groups excluding carboxylic acids is 1. The van der Waals surface area contributed by atoms with Crippen molar-refractivity contribution >= 4 is 16.9 Å². The van der Waals surface area contributed by atoms with Gasteiger partial charge >= 0.3 is 0 Å². The molecule has 2 saturated heterocycles. The van der Waals surface area contributed by atoms with Crippen molar-refractivity contribution in [2.75, 3.05) is 19.6 Å². The van der Waals surface area contributed by atoms with Crippen LogP contribution in [0, 0.1) is 0 Å². The van der Waals surface area contributed by atoms with Gasteiger partial charge in [-0.2, -0.15) is 0 Å². The van der Waals surface area contributed by atoms with Gasteiger partial charge in [0.25, 0.3) is 0 Å². The van der Waals surface area contributed by atoms with Crippen LogP contribution in [0.5, 0.6) is 0 Å². The van der Waals surface area contributed by atoms with Crippen LogP contribution in [0.2, 0.25) is 0 Å². The lowest BCUT2D eigenvalue weighted by molar-refractivity contribution is -0.134.